The van der Waals surface area contributed by atoms with Crippen LogP contribution >= 0.6 is 0 Å². The Labute approximate surface area is 109 Å². The molecule has 0 atom stereocenters. The van der Waals surface area contributed by atoms with Crippen LogP contribution < -0.4 is 16.0 Å². The Kier molecular flexibility index (Phi) is 3.48. The standard InChI is InChI=1S/C13H12N4O2/c1-19-11-3-2-9(6-10(11)7-14)8-17-13(18)5-4-12(15)16-17/h2-6H,8H2,1H3,(H2,15,16). The Balaban J connectivity index is 2.36. The first-order valence-corrected chi connectivity index (χ1v) is 5.54. The maximum absolute atomic E-state index is 11.6. The van der Waals surface area contributed by atoms with E-state index in [4.69, 9.17) is 15.7 Å². The van der Waals surface area contributed by atoms with Gasteiger partial charge in [0.25, 0.3) is 5.56 Å². The molecule has 0 aliphatic rings. The molecule has 6 heteroatoms. The van der Waals surface area contributed by atoms with E-state index in [0.29, 0.717) is 11.3 Å². The summed E-state index contributed by atoms with van der Waals surface area (Å²) < 4.78 is 6.31. The number of nitrogen functional groups attached to an aromatic ring is 1. The second-order valence-corrected chi connectivity index (χ2v) is 3.90. The van der Waals surface area contributed by atoms with Gasteiger partial charge in [0.1, 0.15) is 17.6 Å². The first kappa shape index (κ1) is 12.6. The van der Waals surface area contributed by atoms with E-state index in [-0.39, 0.29) is 17.9 Å². The molecule has 0 aliphatic carbocycles. The normalized spacial score (nSPS) is 9.89. The Morgan fingerprint density at radius 2 is 2.21 bits per heavy atom. The van der Waals surface area contributed by atoms with Crippen molar-refractivity contribution in [3.63, 3.8) is 0 Å². The summed E-state index contributed by atoms with van der Waals surface area (Å²) in [6.07, 6.45) is 0. The van der Waals surface area contributed by atoms with E-state index >= 15 is 0 Å². The molecule has 0 aliphatic heterocycles. The smallest absolute Gasteiger partial charge is 0.267 e. The summed E-state index contributed by atoms with van der Waals surface area (Å²) in [5.41, 5.74) is 6.48. The van der Waals surface area contributed by atoms with Gasteiger partial charge in [-0.05, 0) is 23.8 Å². The number of hydrogen-bond acceptors (Lipinski definition) is 5. The Hall–Kier alpha value is -2.81. The number of hydrogen-bond donors (Lipinski definition) is 1. The average Bonchev–Trinajstić information content (AvgIpc) is 2.42. The van der Waals surface area contributed by atoms with E-state index in [2.05, 4.69) is 5.10 Å². The summed E-state index contributed by atoms with van der Waals surface area (Å²) in [7, 11) is 1.50. The molecule has 1 aromatic heterocycles. The maximum atomic E-state index is 11.6. The van der Waals surface area contributed by atoms with Crippen molar-refractivity contribution < 1.29 is 4.74 Å². The van der Waals surface area contributed by atoms with E-state index in [9.17, 15) is 4.79 Å². The molecule has 96 valence electrons. The van der Waals surface area contributed by atoms with Crippen molar-refractivity contribution in [2.45, 2.75) is 6.54 Å². The number of nitriles is 1. The first-order valence-electron chi connectivity index (χ1n) is 5.54. The Morgan fingerprint density at radius 3 is 2.89 bits per heavy atom. The van der Waals surface area contributed by atoms with Gasteiger partial charge in [0.15, 0.2) is 0 Å². The van der Waals surface area contributed by atoms with Crippen LogP contribution in [0.15, 0.2) is 35.1 Å². The third kappa shape index (κ3) is 2.72. The van der Waals surface area contributed by atoms with E-state index in [0.717, 1.165) is 5.56 Å². The number of nitrogens with two attached hydrogens (primary N) is 1. The molecule has 0 spiro atoms. The second-order valence-electron chi connectivity index (χ2n) is 3.90. The third-order valence-corrected chi connectivity index (χ3v) is 2.60. The van der Waals surface area contributed by atoms with Gasteiger partial charge in [0, 0.05) is 6.07 Å². The molecule has 1 aromatic carbocycles. The molecular weight excluding hydrogens is 244 g/mol. The van der Waals surface area contributed by atoms with Gasteiger partial charge in [-0.15, -0.1) is 0 Å². The van der Waals surface area contributed by atoms with Crippen molar-refractivity contribution in [3.05, 3.63) is 51.8 Å². The predicted molar refractivity (Wildman–Crippen MR) is 69.7 cm³/mol. The Morgan fingerprint density at radius 1 is 1.42 bits per heavy atom. The minimum Gasteiger partial charge on any atom is -0.495 e. The lowest BCUT2D eigenvalue weighted by atomic mass is 10.1. The predicted octanol–water partition coefficient (Wildman–Crippen LogP) is 0.754. The van der Waals surface area contributed by atoms with Gasteiger partial charge < -0.3 is 10.5 Å². The van der Waals surface area contributed by atoms with Gasteiger partial charge in [-0.2, -0.15) is 10.4 Å². The fourth-order valence-electron chi connectivity index (χ4n) is 1.69. The van der Waals surface area contributed by atoms with Crippen LogP contribution in [0.5, 0.6) is 5.75 Å². The zero-order valence-corrected chi connectivity index (χ0v) is 10.3. The monoisotopic (exact) mass is 256 g/mol. The quantitative estimate of drug-likeness (QED) is 0.874. The molecule has 19 heavy (non-hydrogen) atoms. The molecule has 2 rings (SSSR count). The second kappa shape index (κ2) is 5.23. The van der Waals surface area contributed by atoms with Gasteiger partial charge in [0.05, 0.1) is 19.2 Å². The SMILES string of the molecule is COc1ccc(Cn2nc(N)ccc2=O)cc1C#N. The third-order valence-electron chi connectivity index (χ3n) is 2.60. The van der Waals surface area contributed by atoms with Gasteiger partial charge in [-0.3, -0.25) is 4.79 Å². The van der Waals surface area contributed by atoms with E-state index < -0.39 is 0 Å². The van der Waals surface area contributed by atoms with Gasteiger partial charge in [-0.25, -0.2) is 4.68 Å². The number of rotatable bonds is 3. The van der Waals surface area contributed by atoms with Crippen molar-refractivity contribution in [2.75, 3.05) is 12.8 Å². The molecule has 0 unspecified atom stereocenters. The lowest BCUT2D eigenvalue weighted by molar-refractivity contribution is 0.413. The maximum Gasteiger partial charge on any atom is 0.267 e. The molecule has 1 heterocycles. The number of methoxy groups -OCH3 is 1. The topological polar surface area (TPSA) is 93.9 Å². The lowest BCUT2D eigenvalue weighted by Crippen LogP contribution is -2.23. The molecule has 0 saturated carbocycles. The molecule has 2 aromatic rings. The van der Waals surface area contributed by atoms with Gasteiger partial charge in [-0.1, -0.05) is 6.07 Å². The largest absolute Gasteiger partial charge is 0.495 e. The van der Waals surface area contributed by atoms with E-state index in [1.165, 1.54) is 23.9 Å². The number of benzene rings is 1. The lowest BCUT2D eigenvalue weighted by Gasteiger charge is -2.07. The van der Waals surface area contributed by atoms with Crippen molar-refractivity contribution in [1.29, 1.82) is 5.26 Å². The van der Waals surface area contributed by atoms with Crippen molar-refractivity contribution in [2.24, 2.45) is 0 Å². The fraction of sp³-hybridized carbons (Fsp3) is 0.154. The summed E-state index contributed by atoms with van der Waals surface area (Å²) >= 11 is 0. The molecule has 0 fully saturated rings. The molecule has 0 amide bonds. The summed E-state index contributed by atoms with van der Waals surface area (Å²) in [5, 5.41) is 12.9. The summed E-state index contributed by atoms with van der Waals surface area (Å²) in [4.78, 5) is 11.6. The summed E-state index contributed by atoms with van der Waals surface area (Å²) in [6.45, 7) is 0.253. The van der Waals surface area contributed by atoms with Gasteiger partial charge in [0.2, 0.25) is 0 Å². The van der Waals surface area contributed by atoms with E-state index in [1.54, 1.807) is 18.2 Å². The summed E-state index contributed by atoms with van der Waals surface area (Å²) in [5.74, 6) is 0.771. The van der Waals surface area contributed by atoms with Crippen LogP contribution in [0.4, 0.5) is 5.82 Å². The van der Waals surface area contributed by atoms with Crippen LogP contribution in [0.2, 0.25) is 0 Å². The number of ether oxygens (including phenoxy) is 1. The van der Waals surface area contributed by atoms with E-state index in [1.807, 2.05) is 6.07 Å². The molecule has 0 saturated heterocycles. The minimum absolute atomic E-state index is 0.247. The Bertz CT molecular complexity index is 701. The molecular formula is C13H12N4O2. The van der Waals surface area contributed by atoms with Gasteiger partial charge >= 0.3 is 0 Å². The molecule has 0 radical (unpaired) electrons. The van der Waals surface area contributed by atoms with Crippen LogP contribution in [0.3, 0.4) is 0 Å². The van der Waals surface area contributed by atoms with Crippen molar-refractivity contribution >= 4 is 5.82 Å². The number of nitrogens with zero attached hydrogens (tertiary/aromatic N) is 3. The fourth-order valence-corrected chi connectivity index (χ4v) is 1.69. The zero-order chi connectivity index (χ0) is 13.8. The number of anilines is 1. The van der Waals surface area contributed by atoms with Crippen LogP contribution in [0.25, 0.3) is 0 Å². The highest BCUT2D eigenvalue weighted by molar-refractivity contribution is 5.45. The van der Waals surface area contributed by atoms with Crippen molar-refractivity contribution in [1.82, 2.24) is 9.78 Å². The molecule has 0 bridgehead atoms. The first-order chi connectivity index (χ1) is 9.13. The highest BCUT2D eigenvalue weighted by Crippen LogP contribution is 2.18. The van der Waals surface area contributed by atoms with Crippen molar-refractivity contribution in [3.8, 4) is 11.8 Å². The average molecular weight is 256 g/mol. The zero-order valence-electron chi connectivity index (χ0n) is 10.3. The summed E-state index contributed by atoms with van der Waals surface area (Å²) in [6, 6.07) is 9.97. The van der Waals surface area contributed by atoms with Crippen LogP contribution in [-0.2, 0) is 6.54 Å². The van der Waals surface area contributed by atoms with Crippen LogP contribution in [0, 0.1) is 11.3 Å². The number of aromatic nitrogens is 2. The minimum atomic E-state index is -0.247. The van der Waals surface area contributed by atoms with Crippen LogP contribution in [0.1, 0.15) is 11.1 Å². The highest BCUT2D eigenvalue weighted by Gasteiger charge is 2.05. The van der Waals surface area contributed by atoms with Crippen LogP contribution in [-0.4, -0.2) is 16.9 Å². The molecule has 2 N–H and O–H groups in total. The highest BCUT2D eigenvalue weighted by atomic mass is 16.5. The molecule has 6 nitrogen and oxygen atoms in total.